The van der Waals surface area contributed by atoms with Crippen LogP contribution in [0.1, 0.15) is 74.9 Å². The molecule has 3 aliphatic rings. The van der Waals surface area contributed by atoms with E-state index in [1.807, 2.05) is 0 Å². The second-order valence-corrected chi connectivity index (χ2v) is 20.2. The standard InChI is InChI=1S/C63H50N2/c1-61(2)53-21-13-10-18-45(53)47-32-29-43(35-56(47)61)64(44-30-33-48-46-19-11-14-22-54(46)62(3,4)57(48)36-44)42-27-24-39(25-28-42)40-26-31-49-51-38-60-52(37-58(51)63(5,6)55(49)34-40)50-20-12-15-23-59(50)65(60)41-16-8-7-9-17-41/h7-38H,1-6H3. The van der Waals surface area contributed by atoms with Crippen molar-refractivity contribution < 1.29 is 0 Å². The summed E-state index contributed by atoms with van der Waals surface area (Å²) < 4.78 is 2.43. The van der Waals surface area contributed by atoms with Gasteiger partial charge in [0.2, 0.25) is 0 Å². The zero-order chi connectivity index (χ0) is 44.0. The van der Waals surface area contributed by atoms with Gasteiger partial charge in [0.05, 0.1) is 11.0 Å². The lowest BCUT2D eigenvalue weighted by Gasteiger charge is -2.30. The van der Waals surface area contributed by atoms with Crippen molar-refractivity contribution in [3.63, 3.8) is 0 Å². The fourth-order valence-electron chi connectivity index (χ4n) is 12.1. The topological polar surface area (TPSA) is 8.17 Å². The smallest absolute Gasteiger partial charge is 0.0547 e. The first-order valence-corrected chi connectivity index (χ1v) is 23.2. The number of hydrogen-bond acceptors (Lipinski definition) is 1. The second-order valence-electron chi connectivity index (χ2n) is 20.2. The Morgan fingerprint density at radius 2 is 0.769 bits per heavy atom. The van der Waals surface area contributed by atoms with Gasteiger partial charge in [-0.05, 0) is 151 Å². The molecule has 1 aromatic heterocycles. The number of benzene rings is 9. The third-order valence-electron chi connectivity index (χ3n) is 15.6. The molecule has 0 saturated carbocycles. The van der Waals surface area contributed by atoms with Gasteiger partial charge >= 0.3 is 0 Å². The summed E-state index contributed by atoms with van der Waals surface area (Å²) in [6.07, 6.45) is 0. The molecule has 9 aromatic carbocycles. The molecule has 0 saturated heterocycles. The minimum absolute atomic E-state index is 0.105. The molecule has 0 bridgehead atoms. The van der Waals surface area contributed by atoms with Gasteiger partial charge in [-0.2, -0.15) is 0 Å². The highest BCUT2D eigenvalue weighted by Gasteiger charge is 2.39. The highest BCUT2D eigenvalue weighted by molar-refractivity contribution is 6.11. The lowest BCUT2D eigenvalue weighted by atomic mass is 9.81. The van der Waals surface area contributed by atoms with Gasteiger partial charge in [-0.15, -0.1) is 0 Å². The van der Waals surface area contributed by atoms with E-state index < -0.39 is 0 Å². The van der Waals surface area contributed by atoms with E-state index in [9.17, 15) is 0 Å². The Hall–Kier alpha value is -7.42. The van der Waals surface area contributed by atoms with Gasteiger partial charge < -0.3 is 9.47 Å². The number of hydrogen-bond donors (Lipinski definition) is 0. The molecule has 0 N–H and O–H groups in total. The zero-order valence-electron chi connectivity index (χ0n) is 37.9. The van der Waals surface area contributed by atoms with E-state index in [0.29, 0.717) is 0 Å². The third kappa shape index (κ3) is 5.29. The van der Waals surface area contributed by atoms with Crippen molar-refractivity contribution in [1.82, 2.24) is 4.57 Å². The molecule has 10 aromatic rings. The molecule has 0 aliphatic heterocycles. The van der Waals surface area contributed by atoms with Crippen LogP contribution in [0.25, 0.3) is 72.0 Å². The van der Waals surface area contributed by atoms with Crippen LogP contribution in [-0.4, -0.2) is 4.57 Å². The van der Waals surface area contributed by atoms with Crippen LogP contribution in [0, 0.1) is 0 Å². The Balaban J connectivity index is 0.914. The van der Waals surface area contributed by atoms with Crippen LogP contribution in [0.5, 0.6) is 0 Å². The molecule has 0 atom stereocenters. The number of fused-ring (bicyclic) bond motifs is 12. The Morgan fingerprint density at radius 1 is 0.308 bits per heavy atom. The molecule has 2 heteroatoms. The maximum Gasteiger partial charge on any atom is 0.0547 e. The quantitative estimate of drug-likeness (QED) is 0.168. The maximum atomic E-state index is 2.48. The normalized spacial score (nSPS) is 15.3. The Kier molecular flexibility index (Phi) is 7.80. The van der Waals surface area contributed by atoms with E-state index in [4.69, 9.17) is 0 Å². The number of aromatic nitrogens is 1. The minimum Gasteiger partial charge on any atom is -0.310 e. The Morgan fingerprint density at radius 3 is 1.42 bits per heavy atom. The van der Waals surface area contributed by atoms with Gasteiger partial charge in [0.1, 0.15) is 0 Å². The second kappa shape index (κ2) is 13.3. The molecule has 312 valence electrons. The summed E-state index contributed by atoms with van der Waals surface area (Å²) in [5.41, 5.74) is 25.5. The van der Waals surface area contributed by atoms with E-state index in [2.05, 4.69) is 245 Å². The summed E-state index contributed by atoms with van der Waals surface area (Å²) in [5, 5.41) is 2.59. The molecule has 0 unspecified atom stereocenters. The fourth-order valence-corrected chi connectivity index (χ4v) is 12.1. The van der Waals surface area contributed by atoms with Gasteiger partial charge in [-0.1, -0.05) is 163 Å². The number of nitrogens with zero attached hydrogens (tertiary/aromatic N) is 2. The first-order chi connectivity index (χ1) is 31.5. The molecule has 0 radical (unpaired) electrons. The van der Waals surface area contributed by atoms with Gasteiger partial charge in [0, 0.05) is 49.8 Å². The molecule has 0 spiro atoms. The highest BCUT2D eigenvalue weighted by Crippen LogP contribution is 2.55. The van der Waals surface area contributed by atoms with Crippen molar-refractivity contribution in [2.24, 2.45) is 0 Å². The zero-order valence-corrected chi connectivity index (χ0v) is 37.9. The van der Waals surface area contributed by atoms with Crippen molar-refractivity contribution in [3.05, 3.63) is 228 Å². The van der Waals surface area contributed by atoms with Gasteiger partial charge in [0.25, 0.3) is 0 Å². The van der Waals surface area contributed by atoms with Crippen molar-refractivity contribution in [2.75, 3.05) is 4.90 Å². The van der Waals surface area contributed by atoms with Crippen LogP contribution in [0.2, 0.25) is 0 Å². The molecule has 65 heavy (non-hydrogen) atoms. The number of rotatable bonds is 5. The minimum atomic E-state index is -0.163. The van der Waals surface area contributed by atoms with Crippen LogP contribution in [0.4, 0.5) is 17.1 Å². The summed E-state index contributed by atoms with van der Waals surface area (Å²) in [6.45, 7) is 14.3. The van der Waals surface area contributed by atoms with Crippen molar-refractivity contribution in [3.8, 4) is 50.2 Å². The molecule has 1 heterocycles. The maximum absolute atomic E-state index is 2.48. The third-order valence-corrected chi connectivity index (χ3v) is 15.6. The van der Waals surface area contributed by atoms with Crippen LogP contribution in [0.15, 0.2) is 194 Å². The summed E-state index contributed by atoms with van der Waals surface area (Å²) in [5.74, 6) is 0. The van der Waals surface area contributed by atoms with E-state index in [0.717, 1.165) is 5.69 Å². The van der Waals surface area contributed by atoms with Gasteiger partial charge in [0.15, 0.2) is 0 Å². The average Bonchev–Trinajstić information content (AvgIpc) is 3.94. The summed E-state index contributed by atoms with van der Waals surface area (Å²) >= 11 is 0. The van der Waals surface area contributed by atoms with E-state index in [1.54, 1.807) is 0 Å². The average molecular weight is 835 g/mol. The predicted molar refractivity (Wildman–Crippen MR) is 274 cm³/mol. The molecular weight excluding hydrogens is 785 g/mol. The van der Waals surface area contributed by atoms with E-state index >= 15 is 0 Å². The lowest BCUT2D eigenvalue weighted by molar-refractivity contribution is 0.660. The molecular formula is C63H50N2. The molecule has 2 nitrogen and oxygen atoms in total. The Bertz CT molecular complexity index is 3510. The highest BCUT2D eigenvalue weighted by atomic mass is 15.1. The summed E-state index contributed by atoms with van der Waals surface area (Å²) in [6, 6.07) is 73.1. The Labute approximate surface area is 382 Å². The molecule has 13 rings (SSSR count). The number of para-hydroxylation sites is 2. The fraction of sp³-hybridized carbons (Fsp3) is 0.143. The number of anilines is 3. The summed E-state index contributed by atoms with van der Waals surface area (Å²) in [4.78, 5) is 2.47. The van der Waals surface area contributed by atoms with E-state index in [-0.39, 0.29) is 16.2 Å². The van der Waals surface area contributed by atoms with Crippen LogP contribution >= 0.6 is 0 Å². The van der Waals surface area contributed by atoms with Crippen molar-refractivity contribution in [1.29, 1.82) is 0 Å². The largest absolute Gasteiger partial charge is 0.310 e. The van der Waals surface area contributed by atoms with Gasteiger partial charge in [-0.3, -0.25) is 0 Å². The van der Waals surface area contributed by atoms with Crippen LogP contribution < -0.4 is 4.90 Å². The lowest BCUT2D eigenvalue weighted by Crippen LogP contribution is -2.18. The van der Waals surface area contributed by atoms with Gasteiger partial charge in [-0.25, -0.2) is 0 Å². The van der Waals surface area contributed by atoms with Crippen molar-refractivity contribution >= 4 is 38.9 Å². The van der Waals surface area contributed by atoms with Crippen LogP contribution in [-0.2, 0) is 16.2 Å². The SMILES string of the molecule is CC1(C)c2ccccc2-c2ccc(N(c3ccc(-c4ccc5c(c4)C(C)(C)c4cc6c7ccccc7n(-c7ccccc7)c6cc4-5)cc3)c3ccc4c(c3)C(C)(C)c3ccccc3-4)cc21. The molecule has 3 aliphatic carbocycles. The monoisotopic (exact) mass is 834 g/mol. The van der Waals surface area contributed by atoms with E-state index in [1.165, 1.54) is 117 Å². The predicted octanol–water partition coefficient (Wildman–Crippen LogP) is 16.8. The first kappa shape index (κ1) is 38.1. The summed E-state index contributed by atoms with van der Waals surface area (Å²) in [7, 11) is 0. The van der Waals surface area contributed by atoms with Crippen LogP contribution in [0.3, 0.4) is 0 Å². The molecule has 0 fully saturated rings. The first-order valence-electron chi connectivity index (χ1n) is 23.2. The van der Waals surface area contributed by atoms with Crippen molar-refractivity contribution in [2.45, 2.75) is 57.8 Å². The molecule has 0 amide bonds.